The Morgan fingerprint density at radius 3 is 1.64 bits per heavy atom. The van der Waals surface area contributed by atoms with E-state index in [1.807, 2.05) is 22.7 Å². The summed E-state index contributed by atoms with van der Waals surface area (Å²) in [6, 6.07) is 87.8. The van der Waals surface area contributed by atoms with E-state index in [1.165, 1.54) is 96.0 Å². The Bertz CT molecular complexity index is 3690. The highest BCUT2D eigenvalue weighted by molar-refractivity contribution is 7.26. The predicted molar refractivity (Wildman–Crippen MR) is 275 cm³/mol. The van der Waals surface area contributed by atoms with Crippen molar-refractivity contribution in [3.63, 3.8) is 0 Å². The van der Waals surface area contributed by atoms with Gasteiger partial charge in [-0.2, -0.15) is 0 Å². The number of hydrogen-bond donors (Lipinski definition) is 0. The molecule has 1 aliphatic rings. The second kappa shape index (κ2) is 14.8. The SMILES string of the molecule is c1ccc(C2(c3ccccc3)c3ccccc3-c3cc(N(c4ccc(-c5ccc6c(c5)sc5ccccc56)cc4)c4cccc(-c5cccc6c5sc5ccccc56)c4)ccc32)cc1. The lowest BCUT2D eigenvalue weighted by Crippen LogP contribution is -2.28. The molecule has 2 aromatic heterocycles. The highest BCUT2D eigenvalue weighted by Gasteiger charge is 2.46. The van der Waals surface area contributed by atoms with Gasteiger partial charge in [-0.25, -0.2) is 0 Å². The van der Waals surface area contributed by atoms with Crippen LogP contribution in [0.5, 0.6) is 0 Å². The highest BCUT2D eigenvalue weighted by Crippen LogP contribution is 2.57. The van der Waals surface area contributed by atoms with Crippen molar-refractivity contribution in [1.82, 2.24) is 0 Å². The molecule has 0 bridgehead atoms. The summed E-state index contributed by atoms with van der Waals surface area (Å²) in [6.07, 6.45) is 0. The van der Waals surface area contributed by atoms with Gasteiger partial charge in [0, 0.05) is 57.4 Å². The van der Waals surface area contributed by atoms with Crippen molar-refractivity contribution in [3.05, 3.63) is 259 Å². The molecule has 3 heteroatoms. The fourth-order valence-electron chi connectivity index (χ4n) is 10.5. The monoisotopic (exact) mass is 849 g/mol. The van der Waals surface area contributed by atoms with Gasteiger partial charge in [0.2, 0.25) is 0 Å². The van der Waals surface area contributed by atoms with E-state index in [0.717, 1.165) is 17.1 Å². The molecule has 1 aliphatic carbocycles. The second-order valence-electron chi connectivity index (χ2n) is 16.8. The molecule has 0 saturated heterocycles. The van der Waals surface area contributed by atoms with E-state index in [4.69, 9.17) is 0 Å². The van der Waals surface area contributed by atoms with Crippen molar-refractivity contribution < 1.29 is 0 Å². The van der Waals surface area contributed by atoms with E-state index in [0.29, 0.717) is 0 Å². The number of thiophene rings is 2. The summed E-state index contributed by atoms with van der Waals surface area (Å²) in [5.41, 5.74) is 15.4. The minimum atomic E-state index is -0.460. The second-order valence-corrected chi connectivity index (χ2v) is 18.9. The van der Waals surface area contributed by atoms with Crippen molar-refractivity contribution in [2.75, 3.05) is 4.90 Å². The number of nitrogens with zero attached hydrogens (tertiary/aromatic N) is 1. The predicted octanol–water partition coefficient (Wildman–Crippen LogP) is 17.6. The third-order valence-electron chi connectivity index (χ3n) is 13.4. The van der Waals surface area contributed by atoms with Crippen molar-refractivity contribution in [1.29, 1.82) is 0 Å². The molecule has 0 saturated carbocycles. The number of hydrogen-bond acceptors (Lipinski definition) is 3. The minimum absolute atomic E-state index is 0.460. The van der Waals surface area contributed by atoms with Crippen LogP contribution in [0, 0.1) is 0 Å². The Hall–Kier alpha value is -7.56. The van der Waals surface area contributed by atoms with Gasteiger partial charge in [-0.05, 0) is 110 Å². The van der Waals surface area contributed by atoms with E-state index in [9.17, 15) is 0 Å². The van der Waals surface area contributed by atoms with Crippen LogP contribution in [0.2, 0.25) is 0 Å². The first-order valence-electron chi connectivity index (χ1n) is 21.9. The van der Waals surface area contributed by atoms with Gasteiger partial charge in [0.15, 0.2) is 0 Å². The van der Waals surface area contributed by atoms with Gasteiger partial charge in [-0.3, -0.25) is 0 Å². The third kappa shape index (κ3) is 5.68. The molecule has 300 valence electrons. The maximum Gasteiger partial charge on any atom is 0.0713 e. The molecule has 0 radical (unpaired) electrons. The van der Waals surface area contributed by atoms with E-state index < -0.39 is 5.41 Å². The molecule has 1 nitrogen and oxygen atoms in total. The topological polar surface area (TPSA) is 3.24 Å². The zero-order chi connectivity index (χ0) is 42.2. The average Bonchev–Trinajstić information content (AvgIpc) is 4.03. The van der Waals surface area contributed by atoms with Gasteiger partial charge in [-0.1, -0.05) is 182 Å². The summed E-state index contributed by atoms with van der Waals surface area (Å²) in [4.78, 5) is 2.45. The molecule has 13 rings (SSSR count). The van der Waals surface area contributed by atoms with Crippen LogP contribution < -0.4 is 4.90 Å². The van der Waals surface area contributed by atoms with Crippen molar-refractivity contribution >= 4 is 80.1 Å². The lowest BCUT2D eigenvalue weighted by molar-refractivity contribution is 0.768. The van der Waals surface area contributed by atoms with Crippen LogP contribution in [0.1, 0.15) is 22.3 Å². The Balaban J connectivity index is 0.991. The Kier molecular flexibility index (Phi) is 8.55. The lowest BCUT2D eigenvalue weighted by Gasteiger charge is -2.34. The van der Waals surface area contributed by atoms with Gasteiger partial charge in [-0.15, -0.1) is 22.7 Å². The van der Waals surface area contributed by atoms with Crippen LogP contribution in [0.3, 0.4) is 0 Å². The molecule has 0 N–H and O–H groups in total. The molecule has 12 aromatic rings. The zero-order valence-corrected chi connectivity index (χ0v) is 36.4. The third-order valence-corrected chi connectivity index (χ3v) is 15.7. The van der Waals surface area contributed by atoms with Gasteiger partial charge >= 0.3 is 0 Å². The number of rotatable bonds is 7. The molecular weight excluding hydrogens is 811 g/mol. The van der Waals surface area contributed by atoms with E-state index >= 15 is 0 Å². The largest absolute Gasteiger partial charge is 0.310 e. The van der Waals surface area contributed by atoms with Crippen LogP contribution in [-0.2, 0) is 5.41 Å². The molecule has 0 spiro atoms. The van der Waals surface area contributed by atoms with E-state index in [1.54, 1.807) is 0 Å². The van der Waals surface area contributed by atoms with E-state index in [2.05, 4.69) is 241 Å². The first-order valence-corrected chi connectivity index (χ1v) is 23.5. The van der Waals surface area contributed by atoms with Gasteiger partial charge in [0.05, 0.1) is 5.41 Å². The average molecular weight is 850 g/mol. The molecular formula is C61H39NS2. The molecule has 0 atom stereocenters. The molecule has 0 aliphatic heterocycles. The molecule has 2 heterocycles. The Morgan fingerprint density at radius 2 is 0.859 bits per heavy atom. The van der Waals surface area contributed by atoms with E-state index in [-0.39, 0.29) is 0 Å². The lowest BCUT2D eigenvalue weighted by atomic mass is 9.68. The zero-order valence-electron chi connectivity index (χ0n) is 34.8. The Labute approximate surface area is 380 Å². The highest BCUT2D eigenvalue weighted by atomic mass is 32.1. The molecule has 10 aromatic carbocycles. The summed E-state index contributed by atoms with van der Waals surface area (Å²) in [5.74, 6) is 0. The maximum absolute atomic E-state index is 2.45. The molecule has 0 fully saturated rings. The minimum Gasteiger partial charge on any atom is -0.310 e. The summed E-state index contributed by atoms with van der Waals surface area (Å²) < 4.78 is 5.28. The summed E-state index contributed by atoms with van der Waals surface area (Å²) >= 11 is 3.75. The maximum atomic E-state index is 2.45. The van der Waals surface area contributed by atoms with Crippen LogP contribution in [0.25, 0.3) is 73.7 Å². The van der Waals surface area contributed by atoms with Crippen molar-refractivity contribution in [2.45, 2.75) is 5.41 Å². The fourth-order valence-corrected chi connectivity index (χ4v) is 12.9. The smallest absolute Gasteiger partial charge is 0.0713 e. The van der Waals surface area contributed by atoms with Gasteiger partial charge < -0.3 is 4.90 Å². The molecule has 0 unspecified atom stereocenters. The summed E-state index contributed by atoms with van der Waals surface area (Å²) in [6.45, 7) is 0. The summed E-state index contributed by atoms with van der Waals surface area (Å²) in [5, 5.41) is 5.27. The van der Waals surface area contributed by atoms with Crippen molar-refractivity contribution in [2.24, 2.45) is 0 Å². The van der Waals surface area contributed by atoms with Crippen molar-refractivity contribution in [3.8, 4) is 33.4 Å². The Morgan fingerprint density at radius 1 is 0.297 bits per heavy atom. The van der Waals surface area contributed by atoms with Crippen LogP contribution >= 0.6 is 22.7 Å². The van der Waals surface area contributed by atoms with Crippen LogP contribution in [-0.4, -0.2) is 0 Å². The molecule has 0 amide bonds. The van der Waals surface area contributed by atoms with Crippen LogP contribution in [0.4, 0.5) is 17.1 Å². The number of fused-ring (bicyclic) bond motifs is 9. The standard InChI is InChI=1S/C61H39NS2/c1-3-16-43(17-4-1)61(44-18-5-2-6-19-44)55-26-10-7-21-49(55)54-39-47(34-36-56(54)61)62(45-32-29-40(30-33-45)41-31-35-52-50-22-8-11-27-57(50)63-59(52)38-41)46-20-13-15-42(37-46)48-24-14-25-53-51-23-9-12-28-58(51)64-60(48)53/h1-39H. The number of benzene rings is 10. The quantitative estimate of drug-likeness (QED) is 0.154. The fraction of sp³-hybridized carbons (Fsp3) is 0.0164. The first kappa shape index (κ1) is 37.0. The van der Waals surface area contributed by atoms with Crippen LogP contribution in [0.15, 0.2) is 237 Å². The van der Waals surface area contributed by atoms with Gasteiger partial charge in [0.25, 0.3) is 0 Å². The number of anilines is 3. The summed E-state index contributed by atoms with van der Waals surface area (Å²) in [7, 11) is 0. The normalized spacial score (nSPS) is 12.8. The first-order chi connectivity index (χ1) is 31.7. The molecule has 64 heavy (non-hydrogen) atoms. The van der Waals surface area contributed by atoms with Gasteiger partial charge in [0.1, 0.15) is 0 Å².